The summed E-state index contributed by atoms with van der Waals surface area (Å²) < 4.78 is 36.3. The van der Waals surface area contributed by atoms with Crippen molar-refractivity contribution in [1.82, 2.24) is 4.31 Å². The van der Waals surface area contributed by atoms with Gasteiger partial charge in [0.15, 0.2) is 0 Å². The van der Waals surface area contributed by atoms with Crippen LogP contribution in [0, 0.1) is 0 Å². The number of sulfonamides is 1. The monoisotopic (exact) mass is 435 g/mol. The molecule has 0 aliphatic carbocycles. The van der Waals surface area contributed by atoms with Gasteiger partial charge in [0.1, 0.15) is 10.6 Å². The molecule has 2 rings (SSSR count). The van der Waals surface area contributed by atoms with E-state index in [1.807, 2.05) is 0 Å². The molecule has 9 nitrogen and oxygen atoms in total. The second kappa shape index (κ2) is 10.1. The first kappa shape index (κ1) is 23.2. The molecule has 0 unspecified atom stereocenters. The lowest BCUT2D eigenvalue weighted by Gasteiger charge is -2.17. The molecule has 0 atom stereocenters. The molecular formula is C20H25N3O6S. The summed E-state index contributed by atoms with van der Waals surface area (Å²) in [5.41, 5.74) is 1.34. The van der Waals surface area contributed by atoms with E-state index in [4.69, 9.17) is 4.74 Å². The number of nitrogens with zero attached hydrogens (tertiary/aromatic N) is 1. The molecule has 0 radical (unpaired) electrons. The van der Waals surface area contributed by atoms with E-state index < -0.39 is 16.0 Å². The summed E-state index contributed by atoms with van der Waals surface area (Å²) >= 11 is 0. The third-order valence-corrected chi connectivity index (χ3v) is 5.88. The topological polar surface area (TPSA) is 114 Å². The van der Waals surface area contributed by atoms with Crippen LogP contribution in [0.15, 0.2) is 47.4 Å². The zero-order chi connectivity index (χ0) is 22.3. The number of benzene rings is 2. The molecule has 0 heterocycles. The van der Waals surface area contributed by atoms with E-state index in [2.05, 4.69) is 15.4 Å². The summed E-state index contributed by atoms with van der Waals surface area (Å²) in [5.74, 6) is -0.563. The maximum atomic E-state index is 12.6. The largest absolute Gasteiger partial charge is 0.492 e. The van der Waals surface area contributed by atoms with Gasteiger partial charge < -0.3 is 20.1 Å². The normalized spacial score (nSPS) is 11.1. The highest BCUT2D eigenvalue weighted by Crippen LogP contribution is 2.29. The van der Waals surface area contributed by atoms with Crippen LogP contribution in [-0.2, 0) is 19.6 Å². The van der Waals surface area contributed by atoms with Gasteiger partial charge in [-0.15, -0.1) is 0 Å². The standard InChI is InChI=1S/C20H25N3O6S/c1-5-29-17-11-10-16(12-18(17)30(26,27)23(2)3)21-13-19(24)22-15-8-6-14(7-9-15)20(25)28-4/h6-12,21H,5,13H2,1-4H3,(H,22,24). The van der Waals surface area contributed by atoms with E-state index in [1.165, 1.54) is 27.3 Å². The Balaban J connectivity index is 2.08. The average molecular weight is 436 g/mol. The lowest BCUT2D eigenvalue weighted by molar-refractivity contribution is -0.114. The van der Waals surface area contributed by atoms with Crippen LogP contribution in [0.25, 0.3) is 0 Å². The maximum absolute atomic E-state index is 12.6. The second-order valence-electron chi connectivity index (χ2n) is 6.35. The Kier molecular flexibility index (Phi) is 7.79. The zero-order valence-electron chi connectivity index (χ0n) is 17.3. The fourth-order valence-corrected chi connectivity index (χ4v) is 3.54. The Hall–Kier alpha value is -3.11. The first-order valence-corrected chi connectivity index (χ1v) is 10.5. The molecule has 2 aromatic rings. The van der Waals surface area contributed by atoms with Gasteiger partial charge in [0.2, 0.25) is 15.9 Å². The number of nitrogens with one attached hydrogen (secondary N) is 2. The van der Waals surface area contributed by atoms with Gasteiger partial charge in [0.05, 0.1) is 25.8 Å². The molecule has 0 aliphatic rings. The summed E-state index contributed by atoms with van der Waals surface area (Å²) in [6.07, 6.45) is 0. The number of rotatable bonds is 9. The molecule has 0 aromatic heterocycles. The number of carbonyl (C=O) groups excluding carboxylic acids is 2. The van der Waals surface area contributed by atoms with Crippen molar-refractivity contribution in [2.45, 2.75) is 11.8 Å². The number of esters is 1. The van der Waals surface area contributed by atoms with Crippen molar-refractivity contribution in [1.29, 1.82) is 0 Å². The maximum Gasteiger partial charge on any atom is 0.337 e. The van der Waals surface area contributed by atoms with Gasteiger partial charge in [-0.05, 0) is 49.4 Å². The van der Waals surface area contributed by atoms with Crippen molar-refractivity contribution < 1.29 is 27.5 Å². The third kappa shape index (κ3) is 5.71. The van der Waals surface area contributed by atoms with Gasteiger partial charge in [-0.3, -0.25) is 4.79 Å². The summed E-state index contributed by atoms with van der Waals surface area (Å²) in [7, 11) is 0.438. The number of carbonyl (C=O) groups is 2. The summed E-state index contributed by atoms with van der Waals surface area (Å²) in [5, 5.41) is 5.59. The molecule has 0 spiro atoms. The van der Waals surface area contributed by atoms with E-state index in [0.717, 1.165) is 4.31 Å². The molecule has 162 valence electrons. The zero-order valence-corrected chi connectivity index (χ0v) is 18.1. The van der Waals surface area contributed by atoms with Crippen LogP contribution in [0.3, 0.4) is 0 Å². The van der Waals surface area contributed by atoms with E-state index in [-0.39, 0.29) is 23.1 Å². The molecule has 10 heteroatoms. The van der Waals surface area contributed by atoms with Gasteiger partial charge in [0, 0.05) is 25.5 Å². The van der Waals surface area contributed by atoms with E-state index in [0.29, 0.717) is 23.5 Å². The highest BCUT2D eigenvalue weighted by atomic mass is 32.2. The molecule has 0 saturated heterocycles. The van der Waals surface area contributed by atoms with Gasteiger partial charge in [-0.2, -0.15) is 0 Å². The fourth-order valence-electron chi connectivity index (χ4n) is 2.49. The minimum absolute atomic E-state index is 0.0122. The Morgan fingerprint density at radius 2 is 1.67 bits per heavy atom. The van der Waals surface area contributed by atoms with Crippen molar-refractivity contribution in [3.05, 3.63) is 48.0 Å². The minimum atomic E-state index is -3.72. The predicted molar refractivity (Wildman–Crippen MR) is 113 cm³/mol. The Morgan fingerprint density at radius 3 is 2.23 bits per heavy atom. The van der Waals surface area contributed by atoms with Gasteiger partial charge in [-0.1, -0.05) is 0 Å². The van der Waals surface area contributed by atoms with Gasteiger partial charge in [0.25, 0.3) is 0 Å². The smallest absolute Gasteiger partial charge is 0.337 e. The predicted octanol–water partition coefficient (Wildman–Crippen LogP) is 2.17. The Bertz CT molecular complexity index is 1000. The second-order valence-corrected chi connectivity index (χ2v) is 8.47. The van der Waals surface area contributed by atoms with Crippen molar-refractivity contribution in [2.24, 2.45) is 0 Å². The summed E-state index contributed by atoms with van der Waals surface area (Å²) in [4.78, 5) is 23.7. The van der Waals surface area contributed by atoms with Crippen molar-refractivity contribution >= 4 is 33.3 Å². The fraction of sp³-hybridized carbons (Fsp3) is 0.300. The molecule has 1 amide bonds. The summed E-state index contributed by atoms with van der Waals surface area (Å²) in [6.45, 7) is 1.99. The molecule has 2 N–H and O–H groups in total. The number of anilines is 2. The number of hydrogen-bond donors (Lipinski definition) is 2. The number of hydrogen-bond acceptors (Lipinski definition) is 7. The van der Waals surface area contributed by atoms with Crippen LogP contribution < -0.4 is 15.4 Å². The Morgan fingerprint density at radius 1 is 1.03 bits per heavy atom. The van der Waals surface area contributed by atoms with Crippen molar-refractivity contribution in [3.63, 3.8) is 0 Å². The number of methoxy groups -OCH3 is 1. The lowest BCUT2D eigenvalue weighted by atomic mass is 10.2. The molecular weight excluding hydrogens is 410 g/mol. The van der Waals surface area contributed by atoms with Crippen LogP contribution in [0.2, 0.25) is 0 Å². The van der Waals surface area contributed by atoms with Gasteiger partial charge in [-0.25, -0.2) is 17.5 Å². The van der Waals surface area contributed by atoms with E-state index in [1.54, 1.807) is 43.3 Å². The number of ether oxygens (including phenoxy) is 2. The highest BCUT2D eigenvalue weighted by molar-refractivity contribution is 7.89. The van der Waals surface area contributed by atoms with Crippen LogP contribution in [0.5, 0.6) is 5.75 Å². The molecule has 30 heavy (non-hydrogen) atoms. The average Bonchev–Trinajstić information content (AvgIpc) is 2.73. The first-order valence-electron chi connectivity index (χ1n) is 9.10. The minimum Gasteiger partial charge on any atom is -0.492 e. The van der Waals surface area contributed by atoms with Crippen LogP contribution >= 0.6 is 0 Å². The van der Waals surface area contributed by atoms with Gasteiger partial charge >= 0.3 is 5.97 Å². The van der Waals surface area contributed by atoms with Crippen LogP contribution in [-0.4, -0.2) is 59.0 Å². The van der Waals surface area contributed by atoms with E-state index in [9.17, 15) is 18.0 Å². The van der Waals surface area contributed by atoms with Crippen molar-refractivity contribution in [3.8, 4) is 5.75 Å². The Labute approximate surface area is 176 Å². The molecule has 0 saturated carbocycles. The molecule has 0 aliphatic heterocycles. The third-order valence-electron chi connectivity index (χ3n) is 4.05. The quantitative estimate of drug-likeness (QED) is 0.580. The van der Waals surface area contributed by atoms with Crippen molar-refractivity contribution in [2.75, 3.05) is 45.0 Å². The number of amides is 1. The van der Waals surface area contributed by atoms with Crippen LogP contribution in [0.4, 0.5) is 11.4 Å². The highest BCUT2D eigenvalue weighted by Gasteiger charge is 2.23. The first-order chi connectivity index (χ1) is 14.2. The molecule has 0 fully saturated rings. The van der Waals surface area contributed by atoms with E-state index >= 15 is 0 Å². The lowest BCUT2D eigenvalue weighted by Crippen LogP contribution is -2.24. The molecule has 0 bridgehead atoms. The van der Waals surface area contributed by atoms with Crippen LogP contribution in [0.1, 0.15) is 17.3 Å². The summed E-state index contributed by atoms with van der Waals surface area (Å²) in [6, 6.07) is 10.9. The molecule has 2 aromatic carbocycles. The SMILES string of the molecule is CCOc1ccc(NCC(=O)Nc2ccc(C(=O)OC)cc2)cc1S(=O)(=O)N(C)C.